The molecule has 2 aliphatic rings. The van der Waals surface area contributed by atoms with E-state index in [0.717, 1.165) is 13.1 Å². The van der Waals surface area contributed by atoms with Crippen molar-refractivity contribution < 1.29 is 28.7 Å². The summed E-state index contributed by atoms with van der Waals surface area (Å²) in [6.07, 6.45) is 1.29. The Morgan fingerprint density at radius 1 is 1.22 bits per heavy atom. The Morgan fingerprint density at radius 3 is 2.74 bits per heavy atom. The van der Waals surface area contributed by atoms with Crippen molar-refractivity contribution in [3.63, 3.8) is 0 Å². The second kappa shape index (κ2) is 7.31. The Morgan fingerprint density at radius 2 is 2.00 bits per heavy atom. The topological polar surface area (TPSA) is 63.0 Å². The molecule has 0 saturated carbocycles. The summed E-state index contributed by atoms with van der Waals surface area (Å²) in [5.41, 5.74) is 0.856. The van der Waals surface area contributed by atoms with Gasteiger partial charge in [0.05, 0.1) is 23.8 Å². The lowest BCUT2D eigenvalue weighted by Crippen LogP contribution is -3.12. The molecule has 2 heterocycles. The molecule has 2 aromatic rings. The maximum atomic E-state index is 14.1. The van der Waals surface area contributed by atoms with Crippen LogP contribution in [0.1, 0.15) is 21.5 Å². The third-order valence-corrected chi connectivity index (χ3v) is 5.13. The van der Waals surface area contributed by atoms with Gasteiger partial charge in [-0.3, -0.25) is 4.79 Å². The number of ketones is 1. The summed E-state index contributed by atoms with van der Waals surface area (Å²) in [5.74, 6) is -0.885. The van der Waals surface area contributed by atoms with Gasteiger partial charge in [-0.2, -0.15) is 0 Å². The minimum Gasteiger partial charge on any atom is -0.872 e. The number of fused-ring (bicyclic) bond motifs is 1. The Kier molecular flexibility index (Phi) is 4.86. The van der Waals surface area contributed by atoms with Crippen LogP contribution in [-0.4, -0.2) is 32.1 Å². The number of hydrogen-bond donors (Lipinski definition) is 1. The van der Waals surface area contributed by atoms with E-state index in [1.54, 1.807) is 0 Å². The summed E-state index contributed by atoms with van der Waals surface area (Å²) in [6, 6.07) is 7.12. The zero-order chi connectivity index (χ0) is 19.0. The van der Waals surface area contributed by atoms with Gasteiger partial charge < -0.3 is 19.5 Å². The first-order valence-electron chi connectivity index (χ1n) is 8.67. The average Bonchev–Trinajstić information content (AvgIpc) is 2.98. The Balaban J connectivity index is 1.69. The van der Waals surface area contributed by atoms with E-state index >= 15 is 0 Å². The quantitative estimate of drug-likeness (QED) is 0.810. The molecule has 1 N–H and O–H groups in total. The van der Waals surface area contributed by atoms with Crippen LogP contribution in [0.5, 0.6) is 11.5 Å². The molecule has 0 radical (unpaired) electrons. The van der Waals surface area contributed by atoms with Gasteiger partial charge in [-0.25, -0.2) is 4.39 Å². The summed E-state index contributed by atoms with van der Waals surface area (Å²) in [7, 11) is 0. The minimum atomic E-state index is -0.551. The van der Waals surface area contributed by atoms with Gasteiger partial charge in [0.1, 0.15) is 31.2 Å². The molecule has 0 atom stereocenters. The van der Waals surface area contributed by atoms with Crippen molar-refractivity contribution in [2.24, 2.45) is 0 Å². The number of rotatable bonds is 3. The lowest BCUT2D eigenvalue weighted by molar-refractivity contribution is -0.921. The molecule has 0 unspecified atom stereocenters. The number of halogens is 2. The number of carbonyl (C=O) groups excluding carboxylic acids is 1. The van der Waals surface area contributed by atoms with Gasteiger partial charge in [0, 0.05) is 11.1 Å². The lowest BCUT2D eigenvalue weighted by atomic mass is 10.0. The first-order chi connectivity index (χ1) is 13.0. The van der Waals surface area contributed by atoms with E-state index in [4.69, 9.17) is 21.1 Å². The molecule has 0 amide bonds. The molecular weight excluding hydrogens is 373 g/mol. The first kappa shape index (κ1) is 18.0. The lowest BCUT2D eigenvalue weighted by Gasteiger charge is -2.26. The fourth-order valence-electron chi connectivity index (χ4n) is 3.32. The number of nitrogens with one attached hydrogen (secondary N) is 1. The number of carbonyl (C=O) groups is 1. The summed E-state index contributed by atoms with van der Waals surface area (Å²) >= 11 is 6.04. The fourth-order valence-corrected chi connectivity index (χ4v) is 3.54. The molecule has 5 nitrogen and oxygen atoms in total. The normalized spacial score (nSPS) is 18.6. The predicted octanol–water partition coefficient (Wildman–Crippen LogP) is 1.58. The highest BCUT2D eigenvalue weighted by Gasteiger charge is 2.31. The number of benzene rings is 2. The smallest absolute Gasteiger partial charge is 0.231 e. The highest BCUT2D eigenvalue weighted by molar-refractivity contribution is 6.32. The molecule has 1 fully saturated rings. The second-order valence-electron chi connectivity index (χ2n) is 6.53. The van der Waals surface area contributed by atoms with Gasteiger partial charge in [-0.05, 0) is 24.3 Å². The minimum absolute atomic E-state index is 0.0409. The Bertz CT molecular complexity index is 918. The van der Waals surface area contributed by atoms with Crippen LogP contribution in [0.3, 0.4) is 0 Å². The maximum absolute atomic E-state index is 14.1. The molecule has 0 aromatic heterocycles. The first-order valence-corrected chi connectivity index (χ1v) is 9.05. The van der Waals surface area contributed by atoms with Crippen LogP contribution in [0.15, 0.2) is 36.1 Å². The Labute approximate surface area is 160 Å². The molecule has 1 saturated heterocycles. The van der Waals surface area contributed by atoms with Crippen LogP contribution >= 0.6 is 11.6 Å². The van der Waals surface area contributed by atoms with Crippen molar-refractivity contribution in [1.29, 1.82) is 0 Å². The molecule has 140 valence electrons. The number of morpholine rings is 1. The van der Waals surface area contributed by atoms with Crippen molar-refractivity contribution >= 4 is 23.5 Å². The summed E-state index contributed by atoms with van der Waals surface area (Å²) in [6.45, 7) is 3.28. The standard InChI is InChI=1S/C20H17ClFNO4/c21-15-2-1-3-16(22)13(15)10-18-19(25)12-4-5-17(24)14(20(12)27-18)11-23-6-8-26-9-7-23/h1-5,10,24H,6-9,11H2. The highest BCUT2D eigenvalue weighted by atomic mass is 35.5. The number of Topliss-reactive ketones (excluding diaryl/α,β-unsaturated/α-hetero) is 1. The van der Waals surface area contributed by atoms with Gasteiger partial charge in [0.25, 0.3) is 0 Å². The zero-order valence-corrected chi connectivity index (χ0v) is 15.1. The van der Waals surface area contributed by atoms with Crippen molar-refractivity contribution in [3.05, 3.63) is 63.6 Å². The summed E-state index contributed by atoms with van der Waals surface area (Å²) < 4.78 is 25.1. The van der Waals surface area contributed by atoms with Gasteiger partial charge in [-0.1, -0.05) is 29.5 Å². The average molecular weight is 390 g/mol. The van der Waals surface area contributed by atoms with Crippen LogP contribution in [-0.2, 0) is 11.3 Å². The zero-order valence-electron chi connectivity index (χ0n) is 14.4. The number of allylic oxidation sites excluding steroid dienone is 1. The molecule has 0 bridgehead atoms. The molecule has 2 aliphatic heterocycles. The third kappa shape index (κ3) is 3.43. The van der Waals surface area contributed by atoms with Crippen molar-refractivity contribution in [2.45, 2.75) is 6.54 Å². The summed E-state index contributed by atoms with van der Waals surface area (Å²) in [5, 5.41) is 12.6. The van der Waals surface area contributed by atoms with Crippen LogP contribution in [0.4, 0.5) is 4.39 Å². The van der Waals surface area contributed by atoms with Gasteiger partial charge in [-0.15, -0.1) is 0 Å². The van der Waals surface area contributed by atoms with Crippen LogP contribution in [0.2, 0.25) is 5.02 Å². The van der Waals surface area contributed by atoms with Gasteiger partial charge in [0.2, 0.25) is 5.78 Å². The molecule has 0 aliphatic carbocycles. The second-order valence-corrected chi connectivity index (χ2v) is 6.94. The monoisotopic (exact) mass is 389 g/mol. The van der Waals surface area contributed by atoms with E-state index in [1.165, 1.54) is 41.3 Å². The van der Waals surface area contributed by atoms with E-state index in [9.17, 15) is 14.3 Å². The molecule has 2 aromatic carbocycles. The van der Waals surface area contributed by atoms with Crippen molar-refractivity contribution in [3.8, 4) is 11.5 Å². The van der Waals surface area contributed by atoms with E-state index in [0.29, 0.717) is 30.9 Å². The SMILES string of the molecule is O=C1C(=Cc2c(F)cccc2Cl)Oc2c1ccc([O-])c2C[NH+]1CCOCC1. The molecule has 0 spiro atoms. The number of hydrogen-bond acceptors (Lipinski definition) is 4. The van der Waals surface area contributed by atoms with Crippen LogP contribution in [0, 0.1) is 5.82 Å². The fraction of sp³-hybridized carbons (Fsp3) is 0.250. The largest absolute Gasteiger partial charge is 0.872 e. The predicted molar refractivity (Wildman–Crippen MR) is 95.5 cm³/mol. The van der Waals surface area contributed by atoms with E-state index in [1.807, 2.05) is 0 Å². The number of quaternary nitrogens is 1. The summed E-state index contributed by atoms with van der Waals surface area (Å²) in [4.78, 5) is 13.9. The van der Waals surface area contributed by atoms with Gasteiger partial charge >= 0.3 is 0 Å². The highest BCUT2D eigenvalue weighted by Crippen LogP contribution is 2.38. The number of ether oxygens (including phenoxy) is 2. The van der Waals surface area contributed by atoms with E-state index in [-0.39, 0.29) is 33.6 Å². The van der Waals surface area contributed by atoms with Crippen molar-refractivity contribution in [1.82, 2.24) is 0 Å². The van der Waals surface area contributed by atoms with Crippen LogP contribution in [0.25, 0.3) is 6.08 Å². The maximum Gasteiger partial charge on any atom is 0.231 e. The van der Waals surface area contributed by atoms with Crippen LogP contribution < -0.4 is 14.7 Å². The molecule has 7 heteroatoms. The van der Waals surface area contributed by atoms with Gasteiger partial charge in [0.15, 0.2) is 5.76 Å². The molecule has 27 heavy (non-hydrogen) atoms. The molecule has 4 rings (SSSR count). The Hall–Kier alpha value is -2.41. The van der Waals surface area contributed by atoms with Crippen molar-refractivity contribution in [2.75, 3.05) is 26.3 Å². The van der Waals surface area contributed by atoms with E-state index in [2.05, 4.69) is 0 Å². The molecular formula is C20H17ClFNO4. The third-order valence-electron chi connectivity index (χ3n) is 4.80. The van der Waals surface area contributed by atoms with E-state index < -0.39 is 5.82 Å².